The lowest BCUT2D eigenvalue weighted by Gasteiger charge is -2.23. The zero-order valence-corrected chi connectivity index (χ0v) is 9.12. The Morgan fingerprint density at radius 2 is 2.17 bits per heavy atom. The lowest BCUT2D eigenvalue weighted by Crippen LogP contribution is -2.19. The van der Waals surface area contributed by atoms with Gasteiger partial charge >= 0.3 is 0 Å². The Morgan fingerprint density at radius 3 is 2.75 bits per heavy atom. The fourth-order valence-electron chi connectivity index (χ4n) is 3.16. The van der Waals surface area contributed by atoms with E-state index in [1.54, 1.807) is 11.1 Å². The summed E-state index contributed by atoms with van der Waals surface area (Å²) in [5.41, 5.74) is 4.52. The Bertz CT molecular complexity index is 333. The van der Waals surface area contributed by atoms with Gasteiger partial charge in [-0.3, -0.25) is 0 Å². The van der Waals surface area contributed by atoms with E-state index in [1.807, 2.05) is 0 Å². The molecule has 0 radical (unpaired) electrons. The maximum Gasteiger partial charge on any atom is 0.0812 e. The van der Waals surface area contributed by atoms with Crippen molar-refractivity contribution >= 4 is 18.1 Å². The molecule has 3 aliphatic rings. The van der Waals surface area contributed by atoms with Gasteiger partial charge < -0.3 is 4.52 Å². The van der Waals surface area contributed by atoms with E-state index >= 15 is 0 Å². The second-order valence-electron chi connectivity index (χ2n) is 4.26. The zero-order chi connectivity index (χ0) is 8.51. The normalized spacial score (nSPS) is 55.7. The summed E-state index contributed by atoms with van der Waals surface area (Å²) in [7, 11) is 0. The van der Waals surface area contributed by atoms with Crippen LogP contribution in [0.3, 0.4) is 0 Å². The fourth-order valence-corrected chi connectivity index (χ4v) is 9.06. The molecule has 0 saturated carbocycles. The molecule has 2 fully saturated rings. The van der Waals surface area contributed by atoms with Gasteiger partial charge in [-0.25, -0.2) is 0 Å². The maximum atomic E-state index is 5.85. The quantitative estimate of drug-likeness (QED) is 0.439. The molecule has 3 heterocycles. The average molecular weight is 200 g/mol. The van der Waals surface area contributed by atoms with Crippen LogP contribution in [0.25, 0.3) is 0 Å². The molecular weight excluding hydrogens is 187 g/mol. The van der Waals surface area contributed by atoms with Crippen LogP contribution in [-0.2, 0) is 16.3 Å². The van der Waals surface area contributed by atoms with Crippen LogP contribution in [0.5, 0.6) is 0 Å². The van der Waals surface area contributed by atoms with E-state index in [0.29, 0.717) is 11.3 Å². The molecule has 0 N–H and O–H groups in total. The molecule has 0 amide bonds. The van der Waals surface area contributed by atoms with Gasteiger partial charge in [0.2, 0.25) is 0 Å². The van der Waals surface area contributed by atoms with Gasteiger partial charge in [0.05, 0.1) is 12.9 Å². The summed E-state index contributed by atoms with van der Waals surface area (Å²) in [5, 5.41) is 0. The third-order valence-corrected chi connectivity index (χ3v) is 9.22. The molecule has 2 saturated heterocycles. The van der Waals surface area contributed by atoms with E-state index in [4.69, 9.17) is 16.3 Å². The van der Waals surface area contributed by atoms with Crippen molar-refractivity contribution in [2.24, 2.45) is 5.92 Å². The minimum absolute atomic E-state index is 0.677. The topological polar surface area (TPSA) is 9.23 Å². The van der Waals surface area contributed by atoms with E-state index in [9.17, 15) is 0 Å². The average Bonchev–Trinajstić information content (AvgIpc) is 2.55. The number of hydrogen-bond acceptors (Lipinski definition) is 2. The summed E-state index contributed by atoms with van der Waals surface area (Å²) in [6.07, 6.45) is -0.0624. The summed E-state index contributed by atoms with van der Waals surface area (Å²) < 4.78 is 5.85. The minimum atomic E-state index is -1.40. The van der Waals surface area contributed by atoms with Crippen LogP contribution in [0.15, 0.2) is 11.1 Å². The molecule has 3 rings (SSSR count). The Balaban J connectivity index is 2.22. The standard InChI is InChI=1S/C9H13OPS/c1-5-6(2)9-7-3-8(5)11(9,12)10-4-7/h7-9H,3-4H2,1-2H3/t7-,8-,9-,11+/m1/s1. The van der Waals surface area contributed by atoms with Gasteiger partial charge in [0, 0.05) is 11.3 Å². The van der Waals surface area contributed by atoms with Crippen molar-refractivity contribution in [1.82, 2.24) is 0 Å². The Hall–Kier alpha value is 0.350. The van der Waals surface area contributed by atoms with Crippen molar-refractivity contribution < 1.29 is 4.52 Å². The van der Waals surface area contributed by atoms with Gasteiger partial charge in [-0.2, -0.15) is 0 Å². The van der Waals surface area contributed by atoms with E-state index in [-0.39, 0.29) is 0 Å². The molecule has 1 nitrogen and oxygen atoms in total. The number of allylic oxidation sites excluding steroid dienone is 2. The van der Waals surface area contributed by atoms with Gasteiger partial charge in [-0.05, 0) is 26.2 Å². The largest absolute Gasteiger partial charge is 0.349 e. The monoisotopic (exact) mass is 200 g/mol. The predicted octanol–water partition coefficient (Wildman–Crippen LogP) is 2.52. The summed E-state index contributed by atoms with van der Waals surface area (Å²) in [6.45, 7) is 5.48. The second-order valence-corrected chi connectivity index (χ2v) is 8.70. The molecule has 4 atom stereocenters. The Kier molecular flexibility index (Phi) is 1.32. The molecule has 4 bridgehead atoms. The smallest absolute Gasteiger partial charge is 0.0812 e. The minimum Gasteiger partial charge on any atom is -0.349 e. The highest BCUT2D eigenvalue weighted by molar-refractivity contribution is 8.13. The lowest BCUT2D eigenvalue weighted by atomic mass is 9.86. The Labute approximate surface area is 78.3 Å². The highest BCUT2D eigenvalue weighted by Crippen LogP contribution is 2.78. The van der Waals surface area contributed by atoms with E-state index in [0.717, 1.165) is 12.5 Å². The first-order chi connectivity index (χ1) is 5.64. The lowest BCUT2D eigenvalue weighted by molar-refractivity contribution is 0.286. The SMILES string of the molecule is CC1=C(C)[C@@H]2[C@H]3CO[P@]2(=S)[C@@H]1C3. The van der Waals surface area contributed by atoms with Gasteiger partial charge in [0.1, 0.15) is 0 Å². The van der Waals surface area contributed by atoms with Crippen LogP contribution in [0, 0.1) is 5.92 Å². The van der Waals surface area contributed by atoms with Crippen LogP contribution >= 0.6 is 6.26 Å². The van der Waals surface area contributed by atoms with Crippen LogP contribution < -0.4 is 0 Å². The van der Waals surface area contributed by atoms with Gasteiger partial charge in [0.15, 0.2) is 0 Å². The molecule has 0 aliphatic carbocycles. The molecule has 0 spiro atoms. The molecule has 0 unspecified atom stereocenters. The summed E-state index contributed by atoms with van der Waals surface area (Å²) in [6, 6.07) is 0. The summed E-state index contributed by atoms with van der Waals surface area (Å²) in [5.74, 6) is 0.796. The van der Waals surface area contributed by atoms with Crippen LogP contribution in [-0.4, -0.2) is 17.9 Å². The van der Waals surface area contributed by atoms with Crippen molar-refractivity contribution in [3.8, 4) is 0 Å². The summed E-state index contributed by atoms with van der Waals surface area (Å²) in [4.78, 5) is 0. The van der Waals surface area contributed by atoms with Crippen LogP contribution in [0.1, 0.15) is 20.3 Å². The first kappa shape index (κ1) is 7.73. The van der Waals surface area contributed by atoms with Crippen molar-refractivity contribution in [1.29, 1.82) is 0 Å². The predicted molar refractivity (Wildman–Crippen MR) is 54.3 cm³/mol. The number of hydrogen-bond donors (Lipinski definition) is 0. The van der Waals surface area contributed by atoms with Gasteiger partial charge in [0.25, 0.3) is 0 Å². The second kappa shape index (κ2) is 2.05. The third kappa shape index (κ3) is 0.615. The van der Waals surface area contributed by atoms with Crippen molar-refractivity contribution in [2.75, 3.05) is 6.61 Å². The number of rotatable bonds is 0. The molecule has 0 aromatic heterocycles. The van der Waals surface area contributed by atoms with Gasteiger partial charge in [-0.15, -0.1) is 0 Å². The van der Waals surface area contributed by atoms with E-state index in [2.05, 4.69) is 13.8 Å². The molecule has 66 valence electrons. The maximum absolute atomic E-state index is 5.85. The summed E-state index contributed by atoms with van der Waals surface area (Å²) >= 11 is 5.72. The highest BCUT2D eigenvalue weighted by Gasteiger charge is 2.60. The third-order valence-electron chi connectivity index (χ3n) is 3.85. The molecule has 12 heavy (non-hydrogen) atoms. The van der Waals surface area contributed by atoms with Crippen molar-refractivity contribution in [3.63, 3.8) is 0 Å². The molecule has 3 aliphatic heterocycles. The van der Waals surface area contributed by atoms with E-state index in [1.165, 1.54) is 6.42 Å². The molecule has 3 heteroatoms. The molecular formula is C9H13OPS. The first-order valence-electron chi connectivity index (χ1n) is 4.56. The first-order valence-corrected chi connectivity index (χ1v) is 7.41. The fraction of sp³-hybridized carbons (Fsp3) is 0.778. The van der Waals surface area contributed by atoms with Crippen molar-refractivity contribution in [3.05, 3.63) is 11.1 Å². The van der Waals surface area contributed by atoms with E-state index < -0.39 is 6.26 Å². The molecule has 0 aromatic carbocycles. The van der Waals surface area contributed by atoms with Crippen LogP contribution in [0.4, 0.5) is 0 Å². The Morgan fingerprint density at radius 1 is 1.42 bits per heavy atom. The van der Waals surface area contributed by atoms with Crippen LogP contribution in [0.2, 0.25) is 0 Å². The highest BCUT2D eigenvalue weighted by atomic mass is 32.4. The molecule has 0 aromatic rings. The van der Waals surface area contributed by atoms with Crippen molar-refractivity contribution in [2.45, 2.75) is 31.6 Å². The zero-order valence-electron chi connectivity index (χ0n) is 7.41. The van der Waals surface area contributed by atoms with Gasteiger partial charge in [-0.1, -0.05) is 23.0 Å².